The summed E-state index contributed by atoms with van der Waals surface area (Å²) in [6, 6.07) is 5.65. The van der Waals surface area contributed by atoms with E-state index in [9.17, 15) is 0 Å². The second kappa shape index (κ2) is 13.9. The lowest BCUT2D eigenvalue weighted by molar-refractivity contribution is 0.125. The van der Waals surface area contributed by atoms with Gasteiger partial charge in [0.25, 0.3) is 0 Å². The number of piperazine rings is 1. The number of nitrogens with one attached hydrogen (secondary N) is 2. The maximum Gasteiger partial charge on any atom is 0.191 e. The Kier molecular flexibility index (Phi) is 12.8. The van der Waals surface area contributed by atoms with Crippen molar-refractivity contribution in [1.29, 1.82) is 0 Å². The molecule has 8 heteroatoms. The number of hydrogen-bond donors (Lipinski definition) is 2. The number of benzene rings is 1. The van der Waals surface area contributed by atoms with E-state index in [1.807, 2.05) is 12.1 Å². The SMILES string of the molecule is CCNC(=NCC(C)CN1CCN(CC)CC1)NC(C)c1ccc(Cl)cc1Cl.I. The zero-order valence-electron chi connectivity index (χ0n) is 18.0. The van der Waals surface area contributed by atoms with Gasteiger partial charge in [0.1, 0.15) is 0 Å². The van der Waals surface area contributed by atoms with E-state index in [0.29, 0.717) is 16.0 Å². The first-order valence-corrected chi connectivity index (χ1v) is 11.1. The number of halogens is 3. The smallest absolute Gasteiger partial charge is 0.191 e. The summed E-state index contributed by atoms with van der Waals surface area (Å²) in [5.41, 5.74) is 1.01. The van der Waals surface area contributed by atoms with Crippen molar-refractivity contribution in [3.63, 3.8) is 0 Å². The van der Waals surface area contributed by atoms with Crippen molar-refractivity contribution in [2.45, 2.75) is 33.7 Å². The van der Waals surface area contributed by atoms with Gasteiger partial charge < -0.3 is 20.4 Å². The van der Waals surface area contributed by atoms with Crippen LogP contribution in [-0.2, 0) is 0 Å². The van der Waals surface area contributed by atoms with Crippen LogP contribution < -0.4 is 10.6 Å². The van der Waals surface area contributed by atoms with Crippen molar-refractivity contribution in [3.05, 3.63) is 33.8 Å². The highest BCUT2D eigenvalue weighted by Gasteiger charge is 2.17. The number of rotatable bonds is 8. The van der Waals surface area contributed by atoms with Crippen LogP contribution in [0.5, 0.6) is 0 Å². The van der Waals surface area contributed by atoms with Gasteiger partial charge in [-0.1, -0.05) is 43.1 Å². The van der Waals surface area contributed by atoms with Crippen molar-refractivity contribution >= 4 is 53.1 Å². The monoisotopic (exact) mass is 555 g/mol. The van der Waals surface area contributed by atoms with E-state index in [4.69, 9.17) is 28.2 Å². The Labute approximate surface area is 203 Å². The van der Waals surface area contributed by atoms with Crippen LogP contribution >= 0.6 is 47.2 Å². The first kappa shape index (κ1) is 26.8. The third-order valence-electron chi connectivity index (χ3n) is 5.17. The predicted octanol–water partition coefficient (Wildman–Crippen LogP) is 4.50. The normalized spacial score (nSPS) is 18.1. The van der Waals surface area contributed by atoms with Crippen LogP contribution in [0.2, 0.25) is 10.0 Å². The van der Waals surface area contributed by atoms with Gasteiger partial charge in [0.15, 0.2) is 5.96 Å². The molecule has 0 aromatic heterocycles. The fourth-order valence-electron chi connectivity index (χ4n) is 3.49. The summed E-state index contributed by atoms with van der Waals surface area (Å²) >= 11 is 12.4. The summed E-state index contributed by atoms with van der Waals surface area (Å²) in [7, 11) is 0. The van der Waals surface area contributed by atoms with Crippen molar-refractivity contribution in [3.8, 4) is 0 Å². The Balaban J connectivity index is 0.00000420. The van der Waals surface area contributed by atoms with Crippen molar-refractivity contribution in [2.75, 3.05) is 52.4 Å². The quantitative estimate of drug-likeness (QED) is 0.281. The van der Waals surface area contributed by atoms with Gasteiger partial charge in [-0.25, -0.2) is 0 Å². The molecule has 1 aliphatic heterocycles. The van der Waals surface area contributed by atoms with Crippen LogP contribution in [-0.4, -0.2) is 68.1 Å². The molecule has 0 amide bonds. The van der Waals surface area contributed by atoms with E-state index in [1.54, 1.807) is 6.07 Å². The summed E-state index contributed by atoms with van der Waals surface area (Å²) in [4.78, 5) is 9.88. The highest BCUT2D eigenvalue weighted by molar-refractivity contribution is 14.0. The molecule has 1 heterocycles. The summed E-state index contributed by atoms with van der Waals surface area (Å²) in [6.45, 7) is 17.2. The Morgan fingerprint density at radius 2 is 1.76 bits per heavy atom. The third kappa shape index (κ3) is 9.17. The Morgan fingerprint density at radius 3 is 2.34 bits per heavy atom. The molecule has 1 aromatic rings. The van der Waals surface area contributed by atoms with Crippen LogP contribution in [0.3, 0.4) is 0 Å². The fraction of sp³-hybridized carbons (Fsp3) is 0.667. The van der Waals surface area contributed by atoms with E-state index in [2.05, 4.69) is 48.1 Å². The molecule has 1 fully saturated rings. The Hall–Kier alpha value is -0.280. The zero-order chi connectivity index (χ0) is 20.5. The topological polar surface area (TPSA) is 42.9 Å². The van der Waals surface area contributed by atoms with Gasteiger partial charge in [-0.2, -0.15) is 0 Å². The highest BCUT2D eigenvalue weighted by Crippen LogP contribution is 2.26. The molecule has 1 saturated heterocycles. The molecule has 29 heavy (non-hydrogen) atoms. The maximum atomic E-state index is 6.35. The molecule has 2 atom stereocenters. The third-order valence-corrected chi connectivity index (χ3v) is 5.73. The fourth-order valence-corrected chi connectivity index (χ4v) is 4.06. The molecule has 5 nitrogen and oxygen atoms in total. The van der Waals surface area contributed by atoms with Crippen molar-refractivity contribution in [2.24, 2.45) is 10.9 Å². The molecule has 0 bridgehead atoms. The first-order chi connectivity index (χ1) is 13.4. The number of nitrogens with zero attached hydrogens (tertiary/aromatic N) is 3. The van der Waals surface area contributed by atoms with Crippen molar-refractivity contribution in [1.82, 2.24) is 20.4 Å². The van der Waals surface area contributed by atoms with Crippen LogP contribution in [0.25, 0.3) is 0 Å². The largest absolute Gasteiger partial charge is 0.357 e. The van der Waals surface area contributed by atoms with Gasteiger partial charge in [-0.05, 0) is 44.0 Å². The molecule has 1 aromatic carbocycles. The summed E-state index contributed by atoms with van der Waals surface area (Å²) in [5.74, 6) is 1.33. The number of guanidine groups is 1. The minimum absolute atomic E-state index is 0. The van der Waals surface area contributed by atoms with E-state index in [1.165, 1.54) is 13.1 Å². The molecular weight excluding hydrogens is 520 g/mol. The molecule has 2 unspecified atom stereocenters. The van der Waals surface area contributed by atoms with E-state index in [0.717, 1.165) is 50.8 Å². The van der Waals surface area contributed by atoms with Gasteiger partial charge in [-0.3, -0.25) is 4.99 Å². The molecule has 1 aliphatic rings. The van der Waals surface area contributed by atoms with E-state index in [-0.39, 0.29) is 30.0 Å². The standard InChI is InChI=1S/C21H35Cl2N5.HI/c1-5-24-21(26-17(4)19-8-7-18(22)13-20(19)23)25-14-16(3)15-28-11-9-27(6-2)10-12-28;/h7-8,13,16-17H,5-6,9-12,14-15H2,1-4H3,(H2,24,25,26);1H. The molecule has 0 saturated carbocycles. The lowest BCUT2D eigenvalue weighted by atomic mass is 10.1. The zero-order valence-corrected chi connectivity index (χ0v) is 21.9. The van der Waals surface area contributed by atoms with Gasteiger partial charge >= 0.3 is 0 Å². The lowest BCUT2D eigenvalue weighted by Gasteiger charge is -2.35. The maximum absolute atomic E-state index is 6.35. The number of likely N-dealkylation sites (N-methyl/N-ethyl adjacent to an activating group) is 1. The molecule has 0 aliphatic carbocycles. The highest BCUT2D eigenvalue weighted by atomic mass is 127. The second-order valence-electron chi connectivity index (χ2n) is 7.59. The van der Waals surface area contributed by atoms with Gasteiger partial charge in [0, 0.05) is 55.9 Å². The molecule has 2 rings (SSSR count). The summed E-state index contributed by atoms with van der Waals surface area (Å²) in [5, 5.41) is 8.11. The van der Waals surface area contributed by atoms with Gasteiger partial charge in [0.05, 0.1) is 6.04 Å². The van der Waals surface area contributed by atoms with E-state index < -0.39 is 0 Å². The second-order valence-corrected chi connectivity index (χ2v) is 8.44. The van der Waals surface area contributed by atoms with Gasteiger partial charge in [0.2, 0.25) is 0 Å². The first-order valence-electron chi connectivity index (χ1n) is 10.4. The van der Waals surface area contributed by atoms with Crippen LogP contribution in [0.4, 0.5) is 0 Å². The minimum Gasteiger partial charge on any atom is -0.357 e. The summed E-state index contributed by atoms with van der Waals surface area (Å²) in [6.07, 6.45) is 0. The average Bonchev–Trinajstić information content (AvgIpc) is 2.66. The lowest BCUT2D eigenvalue weighted by Crippen LogP contribution is -2.47. The van der Waals surface area contributed by atoms with E-state index >= 15 is 0 Å². The number of aliphatic imine (C=N–C) groups is 1. The van der Waals surface area contributed by atoms with Crippen LogP contribution in [0.1, 0.15) is 39.3 Å². The average molecular weight is 556 g/mol. The minimum atomic E-state index is 0. The van der Waals surface area contributed by atoms with Crippen LogP contribution in [0.15, 0.2) is 23.2 Å². The molecule has 166 valence electrons. The molecule has 0 radical (unpaired) electrons. The summed E-state index contributed by atoms with van der Waals surface area (Å²) < 4.78 is 0. The van der Waals surface area contributed by atoms with Crippen molar-refractivity contribution < 1.29 is 0 Å². The molecule has 0 spiro atoms. The van der Waals surface area contributed by atoms with Crippen LogP contribution in [0, 0.1) is 5.92 Å². The number of hydrogen-bond acceptors (Lipinski definition) is 3. The molecular formula is C21H36Cl2IN5. The Morgan fingerprint density at radius 1 is 1.10 bits per heavy atom. The van der Waals surface area contributed by atoms with Gasteiger partial charge in [-0.15, -0.1) is 24.0 Å². The Bertz CT molecular complexity index is 635. The molecule has 2 N–H and O–H groups in total. The predicted molar refractivity (Wildman–Crippen MR) is 137 cm³/mol.